The maximum Gasteiger partial charge on any atom is 0.387 e. The number of pyridine rings is 2. The van der Waals surface area contributed by atoms with E-state index in [-0.39, 0.29) is 24.5 Å². The van der Waals surface area contributed by atoms with Gasteiger partial charge in [-0.25, -0.2) is 9.97 Å². The first-order valence-corrected chi connectivity index (χ1v) is 11.3. The molecule has 1 N–H and O–H groups in total. The summed E-state index contributed by atoms with van der Waals surface area (Å²) >= 11 is 5.96. The van der Waals surface area contributed by atoms with E-state index >= 15 is 0 Å². The lowest BCUT2D eigenvalue weighted by Gasteiger charge is -2.14. The zero-order chi connectivity index (χ0) is 25.1. The molecule has 3 aromatic heterocycles. The van der Waals surface area contributed by atoms with Gasteiger partial charge < -0.3 is 19.0 Å². The summed E-state index contributed by atoms with van der Waals surface area (Å²) in [7, 11) is 0. The van der Waals surface area contributed by atoms with Gasteiger partial charge >= 0.3 is 6.61 Å². The summed E-state index contributed by atoms with van der Waals surface area (Å²) in [4.78, 5) is 22.8. The first-order chi connectivity index (χ1) is 17.5. The fourth-order valence-corrected chi connectivity index (χ4v) is 4.03. The molecule has 0 saturated carbocycles. The number of nitrogens with one attached hydrogen (secondary N) is 1. The van der Waals surface area contributed by atoms with Gasteiger partial charge in [-0.15, -0.1) is 0 Å². The van der Waals surface area contributed by atoms with Crippen LogP contribution in [0.2, 0.25) is 5.15 Å². The number of halogens is 3. The van der Waals surface area contributed by atoms with Crippen molar-refractivity contribution in [3.8, 4) is 22.6 Å². The number of benzene rings is 2. The molecule has 0 aliphatic carbocycles. The van der Waals surface area contributed by atoms with Crippen LogP contribution in [0.15, 0.2) is 83.9 Å². The second kappa shape index (κ2) is 10.2. The Hall–Kier alpha value is -4.24. The zero-order valence-corrected chi connectivity index (χ0v) is 19.5. The van der Waals surface area contributed by atoms with Crippen LogP contribution < -0.4 is 15.0 Å². The summed E-state index contributed by atoms with van der Waals surface area (Å²) in [6.45, 7) is -2.64. The lowest BCUT2D eigenvalue weighted by atomic mass is 10.1. The minimum atomic E-state index is -2.95. The summed E-state index contributed by atoms with van der Waals surface area (Å²) in [5.74, 6) is 1.17. The monoisotopic (exact) mass is 508 g/mol. The van der Waals surface area contributed by atoms with Gasteiger partial charge in [-0.2, -0.15) is 8.78 Å². The second-order valence-electron chi connectivity index (χ2n) is 7.85. The molecule has 0 spiro atoms. The molecule has 2 aromatic carbocycles. The van der Waals surface area contributed by atoms with E-state index in [2.05, 4.69) is 9.97 Å². The molecule has 0 unspecified atom stereocenters. The Morgan fingerprint density at radius 1 is 1.03 bits per heavy atom. The van der Waals surface area contributed by atoms with Crippen molar-refractivity contribution in [1.82, 2.24) is 19.5 Å². The van der Waals surface area contributed by atoms with Crippen LogP contribution in [-0.2, 0) is 13.2 Å². The number of H-pyrrole nitrogens is 1. The average molecular weight is 509 g/mol. The van der Waals surface area contributed by atoms with Crippen molar-refractivity contribution in [3.63, 3.8) is 0 Å². The number of alkyl halides is 2. The van der Waals surface area contributed by atoms with Crippen molar-refractivity contribution in [2.75, 3.05) is 0 Å². The Bertz CT molecular complexity index is 1570. The highest BCUT2D eigenvalue weighted by Gasteiger charge is 2.16. The Kier molecular flexibility index (Phi) is 6.64. The van der Waals surface area contributed by atoms with Gasteiger partial charge in [0.05, 0.1) is 17.6 Å². The van der Waals surface area contributed by atoms with E-state index in [9.17, 15) is 13.6 Å². The van der Waals surface area contributed by atoms with Crippen molar-refractivity contribution in [2.24, 2.45) is 0 Å². The highest BCUT2D eigenvalue weighted by molar-refractivity contribution is 6.29. The van der Waals surface area contributed by atoms with E-state index in [1.165, 1.54) is 18.3 Å². The summed E-state index contributed by atoms with van der Waals surface area (Å²) in [5, 5.41) is 0.296. The summed E-state index contributed by atoms with van der Waals surface area (Å²) in [5.41, 5.74) is 3.48. The average Bonchev–Trinajstić information content (AvgIpc) is 3.20. The summed E-state index contributed by atoms with van der Waals surface area (Å²) in [6, 6.07) is 18.8. The van der Waals surface area contributed by atoms with Gasteiger partial charge in [0.25, 0.3) is 0 Å². The van der Waals surface area contributed by atoms with Gasteiger partial charge in [-0.1, -0.05) is 35.9 Å². The van der Waals surface area contributed by atoms with Crippen molar-refractivity contribution in [1.29, 1.82) is 0 Å². The predicted octanol–water partition coefficient (Wildman–Crippen LogP) is 5.67. The van der Waals surface area contributed by atoms with E-state index in [1.54, 1.807) is 42.6 Å². The molecule has 0 aliphatic heterocycles. The number of fused-ring (bicyclic) bond motifs is 1. The molecule has 5 aromatic rings. The molecule has 182 valence electrons. The molecule has 0 aliphatic rings. The summed E-state index contributed by atoms with van der Waals surface area (Å²) < 4.78 is 38.6. The van der Waals surface area contributed by atoms with E-state index in [4.69, 9.17) is 26.1 Å². The molecule has 7 nitrogen and oxygen atoms in total. The Morgan fingerprint density at radius 3 is 2.64 bits per heavy atom. The molecular weight excluding hydrogens is 490 g/mol. The smallest absolute Gasteiger partial charge is 0.387 e. The fraction of sp³-hybridized carbons (Fsp3) is 0.115. The Labute approximate surface area is 208 Å². The number of para-hydroxylation sites is 1. The number of ether oxygens (including phenoxy) is 2. The molecule has 0 atom stereocenters. The van der Waals surface area contributed by atoms with Gasteiger partial charge in [-0.3, -0.25) is 4.79 Å². The van der Waals surface area contributed by atoms with Crippen LogP contribution in [0.4, 0.5) is 8.78 Å². The number of imidazole rings is 1. The van der Waals surface area contributed by atoms with Crippen molar-refractivity contribution in [2.45, 2.75) is 19.8 Å². The molecule has 0 saturated heterocycles. The lowest BCUT2D eigenvalue weighted by molar-refractivity contribution is -0.0504. The van der Waals surface area contributed by atoms with E-state index in [0.717, 1.165) is 16.6 Å². The van der Waals surface area contributed by atoms with Gasteiger partial charge in [0.1, 0.15) is 29.1 Å². The standard InChI is InChI=1S/C26H19ClF2N4O3/c27-23-12-19(9-10-30-23)35-15-24-32-20-7-5-16(17-6-8-25(34)31-13-17)11-21(20)33(24)14-18-3-1-2-4-22(18)36-26(28)29/h1-13,26H,14-15H2,(H,31,34). The van der Waals surface area contributed by atoms with Crippen LogP contribution >= 0.6 is 11.6 Å². The Balaban J connectivity index is 1.57. The van der Waals surface area contributed by atoms with Crippen molar-refractivity contribution >= 4 is 22.6 Å². The molecule has 0 fully saturated rings. The van der Waals surface area contributed by atoms with Crippen LogP contribution in [0, 0.1) is 0 Å². The Morgan fingerprint density at radius 2 is 1.86 bits per heavy atom. The van der Waals surface area contributed by atoms with Gasteiger partial charge in [0.15, 0.2) is 0 Å². The third-order valence-electron chi connectivity index (χ3n) is 5.53. The molecule has 5 rings (SSSR count). The first kappa shape index (κ1) is 23.5. The van der Waals surface area contributed by atoms with Gasteiger partial charge in [0.2, 0.25) is 5.56 Å². The number of aromatic nitrogens is 4. The zero-order valence-electron chi connectivity index (χ0n) is 18.7. The minimum Gasteiger partial charge on any atom is -0.486 e. The fourth-order valence-electron chi connectivity index (χ4n) is 3.87. The summed E-state index contributed by atoms with van der Waals surface area (Å²) in [6.07, 6.45) is 3.17. The van der Waals surface area contributed by atoms with Crippen LogP contribution in [0.3, 0.4) is 0 Å². The topological polar surface area (TPSA) is 82.0 Å². The van der Waals surface area contributed by atoms with Crippen molar-refractivity contribution in [3.05, 3.63) is 106 Å². The molecule has 3 heterocycles. The second-order valence-corrected chi connectivity index (χ2v) is 8.24. The minimum absolute atomic E-state index is 0.0823. The molecule has 0 radical (unpaired) electrons. The number of rotatable bonds is 8. The lowest BCUT2D eigenvalue weighted by Crippen LogP contribution is -2.11. The quantitative estimate of drug-likeness (QED) is 0.273. The van der Waals surface area contributed by atoms with Gasteiger partial charge in [-0.05, 0) is 41.5 Å². The molecule has 0 amide bonds. The highest BCUT2D eigenvalue weighted by Crippen LogP contribution is 2.28. The first-order valence-electron chi connectivity index (χ1n) is 10.9. The maximum absolute atomic E-state index is 13.0. The van der Waals surface area contributed by atoms with E-state index in [1.807, 2.05) is 22.8 Å². The predicted molar refractivity (Wildman–Crippen MR) is 132 cm³/mol. The van der Waals surface area contributed by atoms with Crippen LogP contribution in [0.1, 0.15) is 11.4 Å². The maximum atomic E-state index is 13.0. The third-order valence-corrected chi connectivity index (χ3v) is 5.73. The molecule has 0 bridgehead atoms. The van der Waals surface area contributed by atoms with Crippen LogP contribution in [-0.4, -0.2) is 26.1 Å². The highest BCUT2D eigenvalue weighted by atomic mass is 35.5. The van der Waals surface area contributed by atoms with Crippen molar-refractivity contribution < 1.29 is 18.3 Å². The third kappa shape index (κ3) is 5.21. The molecular formula is C26H19ClF2N4O3. The number of hydrogen-bond donors (Lipinski definition) is 1. The van der Waals surface area contributed by atoms with E-state index in [0.29, 0.717) is 27.8 Å². The SMILES string of the molecule is O=c1ccc(-c2ccc3nc(COc4ccnc(Cl)c4)n(Cc4ccccc4OC(F)F)c3c2)c[nH]1. The number of aromatic amines is 1. The number of hydrogen-bond acceptors (Lipinski definition) is 5. The molecule has 10 heteroatoms. The van der Waals surface area contributed by atoms with Gasteiger partial charge in [0, 0.05) is 30.1 Å². The van der Waals surface area contributed by atoms with Crippen LogP contribution in [0.25, 0.3) is 22.2 Å². The largest absolute Gasteiger partial charge is 0.486 e. The van der Waals surface area contributed by atoms with E-state index < -0.39 is 6.61 Å². The number of nitrogens with zero attached hydrogens (tertiary/aromatic N) is 3. The normalized spacial score (nSPS) is 11.2. The molecule has 36 heavy (non-hydrogen) atoms. The van der Waals surface area contributed by atoms with Crippen LogP contribution in [0.5, 0.6) is 11.5 Å².